The van der Waals surface area contributed by atoms with Gasteiger partial charge in [-0.25, -0.2) is 4.98 Å². The SMILES string of the molecule is Nc1c(C(=O)NCc2ccco2)sc2[nH+]c(N3CCOCC3)c3c(c12)CCCC3. The molecule has 8 heteroatoms. The maximum Gasteiger partial charge on any atom is 0.279 e. The van der Waals surface area contributed by atoms with Crippen LogP contribution in [-0.4, -0.2) is 32.2 Å². The quantitative estimate of drug-likeness (QED) is 0.685. The summed E-state index contributed by atoms with van der Waals surface area (Å²) >= 11 is 1.44. The Labute approximate surface area is 172 Å². The number of nitrogens with zero attached hydrogens (tertiary/aromatic N) is 1. The number of anilines is 2. The van der Waals surface area contributed by atoms with Crippen LogP contribution in [0.5, 0.6) is 0 Å². The number of furan rings is 1. The number of rotatable bonds is 4. The van der Waals surface area contributed by atoms with Crippen LogP contribution in [0, 0.1) is 0 Å². The number of amides is 1. The van der Waals surface area contributed by atoms with Gasteiger partial charge in [0.05, 0.1) is 37.1 Å². The van der Waals surface area contributed by atoms with E-state index < -0.39 is 0 Å². The second-order valence-corrected chi connectivity index (χ2v) is 8.57. The second kappa shape index (κ2) is 7.68. The fourth-order valence-electron chi connectivity index (χ4n) is 4.34. The topological polar surface area (TPSA) is 94.9 Å². The Bertz CT molecular complexity index is 1040. The zero-order valence-corrected chi connectivity index (χ0v) is 17.1. The maximum atomic E-state index is 12.8. The number of aryl methyl sites for hydroxylation is 1. The van der Waals surface area contributed by atoms with Gasteiger partial charge in [-0.05, 0) is 43.4 Å². The number of nitrogen functional groups attached to an aromatic ring is 1. The predicted octanol–water partition coefficient (Wildman–Crippen LogP) is 2.54. The van der Waals surface area contributed by atoms with Gasteiger partial charge in [0.2, 0.25) is 0 Å². The summed E-state index contributed by atoms with van der Waals surface area (Å²) < 4.78 is 10.8. The first-order chi connectivity index (χ1) is 14.2. The molecule has 0 radical (unpaired) electrons. The molecule has 1 aliphatic heterocycles. The molecule has 29 heavy (non-hydrogen) atoms. The molecule has 3 aromatic rings. The van der Waals surface area contributed by atoms with E-state index in [4.69, 9.17) is 14.9 Å². The third kappa shape index (κ3) is 3.36. The van der Waals surface area contributed by atoms with Crippen LogP contribution < -0.4 is 20.9 Å². The number of thiophene rings is 1. The van der Waals surface area contributed by atoms with Crippen LogP contribution in [0.1, 0.15) is 39.4 Å². The summed E-state index contributed by atoms with van der Waals surface area (Å²) in [6.45, 7) is 3.60. The lowest BCUT2D eigenvalue weighted by atomic mass is 9.89. The first-order valence-electron chi connectivity index (χ1n) is 10.1. The number of carbonyl (C=O) groups is 1. The molecule has 0 spiro atoms. The van der Waals surface area contributed by atoms with Crippen LogP contribution in [0.25, 0.3) is 10.2 Å². The Kier molecular flexibility index (Phi) is 4.89. The molecule has 1 saturated heterocycles. The van der Waals surface area contributed by atoms with E-state index in [1.807, 2.05) is 12.1 Å². The largest absolute Gasteiger partial charge is 0.467 e. The smallest absolute Gasteiger partial charge is 0.279 e. The van der Waals surface area contributed by atoms with Gasteiger partial charge in [0.15, 0.2) is 4.83 Å². The molecule has 152 valence electrons. The standard InChI is InChI=1S/C21H24N4O3S/c22-17-16-14-5-1-2-6-15(14)19(25-7-10-27-11-8-25)24-21(16)29-18(17)20(26)23-12-13-4-3-9-28-13/h3-4,9H,1-2,5-8,10-12,22H2,(H,23,26)/p+1. The zero-order valence-electron chi connectivity index (χ0n) is 16.3. The van der Waals surface area contributed by atoms with Gasteiger partial charge in [0.25, 0.3) is 11.7 Å². The van der Waals surface area contributed by atoms with E-state index in [1.165, 1.54) is 34.7 Å². The number of aromatic nitrogens is 1. The summed E-state index contributed by atoms with van der Waals surface area (Å²) in [5, 5.41) is 3.95. The third-order valence-electron chi connectivity index (χ3n) is 5.77. The minimum absolute atomic E-state index is 0.161. The Hall–Kier alpha value is -2.58. The van der Waals surface area contributed by atoms with Crippen LogP contribution in [0.2, 0.25) is 0 Å². The molecule has 7 nitrogen and oxygen atoms in total. The van der Waals surface area contributed by atoms with Gasteiger partial charge < -0.3 is 20.2 Å². The number of hydrogen-bond acceptors (Lipinski definition) is 6. The molecular weight excluding hydrogens is 388 g/mol. The van der Waals surface area contributed by atoms with Gasteiger partial charge in [0, 0.05) is 5.56 Å². The lowest BCUT2D eigenvalue weighted by Gasteiger charge is -2.26. The molecule has 0 unspecified atom stereocenters. The van der Waals surface area contributed by atoms with Crippen molar-refractivity contribution < 1.29 is 18.9 Å². The van der Waals surface area contributed by atoms with Crippen molar-refractivity contribution in [3.8, 4) is 0 Å². The number of nitrogens with two attached hydrogens (primary N) is 1. The van der Waals surface area contributed by atoms with Crippen LogP contribution in [0.3, 0.4) is 0 Å². The van der Waals surface area contributed by atoms with Gasteiger partial charge >= 0.3 is 0 Å². The zero-order chi connectivity index (χ0) is 19.8. The lowest BCUT2D eigenvalue weighted by molar-refractivity contribution is -0.328. The number of morpholine rings is 1. The first-order valence-corrected chi connectivity index (χ1v) is 11.0. The van der Waals surface area contributed by atoms with E-state index in [-0.39, 0.29) is 5.91 Å². The normalized spacial score (nSPS) is 16.8. The van der Waals surface area contributed by atoms with Crippen molar-refractivity contribution >= 4 is 39.0 Å². The minimum atomic E-state index is -0.161. The monoisotopic (exact) mass is 413 g/mol. The fourth-order valence-corrected chi connectivity index (χ4v) is 5.41. The summed E-state index contributed by atoms with van der Waals surface area (Å²) in [5.74, 6) is 1.74. The second-order valence-electron chi connectivity index (χ2n) is 7.55. The average molecular weight is 414 g/mol. The molecule has 5 rings (SSSR count). The summed E-state index contributed by atoms with van der Waals surface area (Å²) in [5.41, 5.74) is 9.77. The molecule has 0 saturated carbocycles. The summed E-state index contributed by atoms with van der Waals surface area (Å²) in [6, 6.07) is 3.65. The maximum absolute atomic E-state index is 12.8. The summed E-state index contributed by atoms with van der Waals surface area (Å²) in [6.07, 6.45) is 5.99. The van der Waals surface area contributed by atoms with Gasteiger partial charge in [-0.1, -0.05) is 11.3 Å². The summed E-state index contributed by atoms with van der Waals surface area (Å²) in [7, 11) is 0. The van der Waals surface area contributed by atoms with Gasteiger partial charge in [-0.2, -0.15) is 0 Å². The Balaban J connectivity index is 1.54. The number of ether oxygens (including phenoxy) is 1. The number of nitrogens with one attached hydrogen (secondary N) is 2. The summed E-state index contributed by atoms with van der Waals surface area (Å²) in [4.78, 5) is 20.4. The van der Waals surface area contributed by atoms with E-state index >= 15 is 0 Å². The fraction of sp³-hybridized carbons (Fsp3) is 0.429. The van der Waals surface area contributed by atoms with E-state index in [1.54, 1.807) is 6.26 Å². The molecular formula is C21H25N4O3S+. The molecule has 2 aliphatic rings. The molecule has 4 heterocycles. The number of hydrogen-bond donors (Lipinski definition) is 2. The van der Waals surface area contributed by atoms with E-state index in [2.05, 4.69) is 15.2 Å². The Morgan fingerprint density at radius 3 is 2.79 bits per heavy atom. The molecule has 0 atom stereocenters. The van der Waals surface area contributed by atoms with E-state index in [9.17, 15) is 4.79 Å². The predicted molar refractivity (Wildman–Crippen MR) is 112 cm³/mol. The molecule has 3 aromatic heterocycles. The highest BCUT2D eigenvalue weighted by molar-refractivity contribution is 7.20. The third-order valence-corrected chi connectivity index (χ3v) is 6.89. The molecule has 0 bridgehead atoms. The number of pyridine rings is 1. The van der Waals surface area contributed by atoms with E-state index in [0.29, 0.717) is 17.1 Å². The molecule has 1 aliphatic carbocycles. The molecule has 4 N–H and O–H groups in total. The van der Waals surface area contributed by atoms with Gasteiger partial charge in [-0.3, -0.25) is 9.69 Å². The van der Waals surface area contributed by atoms with Crippen molar-refractivity contribution in [2.45, 2.75) is 32.2 Å². The number of aromatic amines is 1. The van der Waals surface area contributed by atoms with Crippen molar-refractivity contribution in [2.24, 2.45) is 0 Å². The van der Waals surface area contributed by atoms with Crippen LogP contribution in [0.4, 0.5) is 11.5 Å². The first kappa shape index (κ1) is 18.4. The number of H-pyrrole nitrogens is 1. The molecule has 1 fully saturated rings. The van der Waals surface area contributed by atoms with Crippen molar-refractivity contribution in [3.05, 3.63) is 40.2 Å². The van der Waals surface area contributed by atoms with Gasteiger partial charge in [0.1, 0.15) is 23.7 Å². The molecule has 0 aromatic carbocycles. The van der Waals surface area contributed by atoms with Crippen molar-refractivity contribution in [2.75, 3.05) is 36.9 Å². The molecule has 1 amide bonds. The Morgan fingerprint density at radius 1 is 1.24 bits per heavy atom. The van der Waals surface area contributed by atoms with Crippen LogP contribution in [-0.2, 0) is 24.1 Å². The number of carbonyl (C=O) groups excluding carboxylic acids is 1. The number of fused-ring (bicyclic) bond motifs is 3. The van der Waals surface area contributed by atoms with Crippen LogP contribution >= 0.6 is 11.3 Å². The van der Waals surface area contributed by atoms with Crippen LogP contribution in [0.15, 0.2) is 22.8 Å². The van der Waals surface area contributed by atoms with Crippen molar-refractivity contribution in [3.63, 3.8) is 0 Å². The highest BCUT2D eigenvalue weighted by Crippen LogP contribution is 2.40. The van der Waals surface area contributed by atoms with Crippen molar-refractivity contribution in [1.82, 2.24) is 5.32 Å². The lowest BCUT2D eigenvalue weighted by Crippen LogP contribution is -2.40. The van der Waals surface area contributed by atoms with E-state index in [0.717, 1.165) is 61.5 Å². The minimum Gasteiger partial charge on any atom is -0.467 e. The van der Waals surface area contributed by atoms with Gasteiger partial charge in [-0.15, -0.1) is 0 Å². The van der Waals surface area contributed by atoms with Crippen molar-refractivity contribution in [1.29, 1.82) is 0 Å². The Morgan fingerprint density at radius 2 is 2.03 bits per heavy atom. The highest BCUT2D eigenvalue weighted by Gasteiger charge is 2.31. The highest BCUT2D eigenvalue weighted by atomic mass is 32.1. The average Bonchev–Trinajstić information content (AvgIpc) is 3.40.